The van der Waals surface area contributed by atoms with E-state index in [4.69, 9.17) is 5.11 Å². The zero-order chi connectivity index (χ0) is 14.7. The number of hydrogen-bond donors (Lipinski definition) is 1. The second kappa shape index (κ2) is 6.05. The topological polar surface area (TPSA) is 57.6 Å². The molecule has 20 heavy (non-hydrogen) atoms. The van der Waals surface area contributed by atoms with Gasteiger partial charge in [0.15, 0.2) is 0 Å². The van der Waals surface area contributed by atoms with Gasteiger partial charge in [-0.2, -0.15) is 0 Å². The van der Waals surface area contributed by atoms with E-state index in [9.17, 15) is 9.59 Å². The molecule has 0 radical (unpaired) electrons. The Morgan fingerprint density at radius 1 is 1.35 bits per heavy atom. The number of carboxylic acid groups (broad SMARTS) is 1. The summed E-state index contributed by atoms with van der Waals surface area (Å²) in [7, 11) is 0. The zero-order valence-corrected chi connectivity index (χ0v) is 12.3. The number of fused-ring (bicyclic) bond motifs is 1. The minimum atomic E-state index is -0.986. The Balaban J connectivity index is 2.32. The molecule has 1 atom stereocenters. The molecule has 1 unspecified atom stereocenters. The van der Waals surface area contributed by atoms with Crippen LogP contribution in [0.25, 0.3) is 10.1 Å². The van der Waals surface area contributed by atoms with E-state index in [2.05, 4.69) is 0 Å². The van der Waals surface area contributed by atoms with Crippen molar-refractivity contribution in [3.8, 4) is 0 Å². The molecular weight excluding hydrogens is 274 g/mol. The normalized spacial score (nSPS) is 12.3. The molecule has 1 amide bonds. The van der Waals surface area contributed by atoms with E-state index in [1.165, 1.54) is 16.2 Å². The lowest BCUT2D eigenvalue weighted by molar-refractivity contribution is -0.138. The van der Waals surface area contributed by atoms with Crippen molar-refractivity contribution < 1.29 is 14.7 Å². The van der Waals surface area contributed by atoms with Gasteiger partial charge >= 0.3 is 5.97 Å². The number of carboxylic acids is 1. The minimum absolute atomic E-state index is 0.0937. The SMILES string of the molecule is CCC(C)N(CC(=O)O)C(=O)c1cc2ccccc2s1. The van der Waals surface area contributed by atoms with E-state index in [0.717, 1.165) is 16.5 Å². The Hall–Kier alpha value is -1.88. The maximum Gasteiger partial charge on any atom is 0.323 e. The third kappa shape index (κ3) is 2.99. The highest BCUT2D eigenvalue weighted by Crippen LogP contribution is 2.27. The maximum absolute atomic E-state index is 12.5. The first-order valence-corrected chi connectivity index (χ1v) is 7.36. The predicted molar refractivity (Wildman–Crippen MR) is 80.3 cm³/mol. The van der Waals surface area contributed by atoms with Crippen LogP contribution in [0.3, 0.4) is 0 Å². The van der Waals surface area contributed by atoms with Gasteiger partial charge in [-0.15, -0.1) is 11.3 Å². The fourth-order valence-electron chi connectivity index (χ4n) is 2.02. The molecule has 0 spiro atoms. The first-order valence-electron chi connectivity index (χ1n) is 6.54. The van der Waals surface area contributed by atoms with Crippen LogP contribution in [0.1, 0.15) is 29.9 Å². The number of nitrogens with zero attached hydrogens (tertiary/aromatic N) is 1. The number of thiophene rings is 1. The molecule has 1 aromatic carbocycles. The Morgan fingerprint density at radius 3 is 2.65 bits per heavy atom. The Labute approximate surface area is 121 Å². The molecule has 106 valence electrons. The number of aliphatic carboxylic acids is 1. The summed E-state index contributed by atoms with van der Waals surface area (Å²) in [5.41, 5.74) is 0. The molecule has 0 aliphatic carbocycles. The number of rotatable bonds is 5. The van der Waals surface area contributed by atoms with Crippen molar-refractivity contribution >= 4 is 33.3 Å². The fourth-order valence-corrected chi connectivity index (χ4v) is 3.04. The summed E-state index contributed by atoms with van der Waals surface area (Å²) in [5, 5.41) is 9.99. The van der Waals surface area contributed by atoms with Gasteiger partial charge < -0.3 is 10.0 Å². The van der Waals surface area contributed by atoms with Crippen LogP contribution >= 0.6 is 11.3 Å². The van der Waals surface area contributed by atoms with Gasteiger partial charge in [0.1, 0.15) is 6.54 Å². The van der Waals surface area contributed by atoms with E-state index in [0.29, 0.717) is 4.88 Å². The van der Waals surface area contributed by atoms with E-state index < -0.39 is 5.97 Å². The highest BCUT2D eigenvalue weighted by atomic mass is 32.1. The molecule has 4 nitrogen and oxygen atoms in total. The van der Waals surface area contributed by atoms with Crippen molar-refractivity contribution in [2.75, 3.05) is 6.54 Å². The number of hydrogen-bond acceptors (Lipinski definition) is 3. The van der Waals surface area contributed by atoms with Gasteiger partial charge in [0.25, 0.3) is 5.91 Å². The first-order chi connectivity index (χ1) is 9.52. The average molecular weight is 291 g/mol. The summed E-state index contributed by atoms with van der Waals surface area (Å²) >= 11 is 1.40. The fraction of sp³-hybridized carbons (Fsp3) is 0.333. The maximum atomic E-state index is 12.5. The first kappa shape index (κ1) is 14.5. The summed E-state index contributed by atoms with van der Waals surface area (Å²) in [6.07, 6.45) is 0.726. The van der Waals surface area contributed by atoms with E-state index in [1.807, 2.05) is 44.2 Å². The van der Waals surface area contributed by atoms with Crippen LogP contribution in [-0.4, -0.2) is 34.5 Å². The Bertz CT molecular complexity index is 602. The molecule has 0 saturated heterocycles. The van der Waals surface area contributed by atoms with Crippen molar-refractivity contribution in [3.63, 3.8) is 0 Å². The third-order valence-corrected chi connectivity index (χ3v) is 4.43. The summed E-state index contributed by atoms with van der Waals surface area (Å²) in [6, 6.07) is 9.50. The van der Waals surface area contributed by atoms with Crippen LogP contribution in [0.4, 0.5) is 0 Å². The van der Waals surface area contributed by atoms with Crippen LogP contribution in [0, 0.1) is 0 Å². The highest BCUT2D eigenvalue weighted by Gasteiger charge is 2.24. The van der Waals surface area contributed by atoms with Crippen LogP contribution in [0.15, 0.2) is 30.3 Å². The van der Waals surface area contributed by atoms with Gasteiger partial charge in [-0.05, 0) is 30.9 Å². The second-order valence-corrected chi connectivity index (χ2v) is 5.82. The van der Waals surface area contributed by atoms with Crippen LogP contribution in [0.5, 0.6) is 0 Å². The number of benzene rings is 1. The van der Waals surface area contributed by atoms with Crippen molar-refractivity contribution in [2.24, 2.45) is 0 Å². The third-order valence-electron chi connectivity index (χ3n) is 3.33. The molecule has 0 bridgehead atoms. The Morgan fingerprint density at radius 2 is 2.05 bits per heavy atom. The van der Waals surface area contributed by atoms with Crippen LogP contribution in [-0.2, 0) is 4.79 Å². The Kier molecular flexibility index (Phi) is 4.39. The van der Waals surface area contributed by atoms with Gasteiger partial charge in [0, 0.05) is 10.7 Å². The number of amides is 1. The lowest BCUT2D eigenvalue weighted by Crippen LogP contribution is -2.41. The minimum Gasteiger partial charge on any atom is -0.480 e. The quantitative estimate of drug-likeness (QED) is 0.920. The molecule has 5 heteroatoms. The molecule has 2 aromatic rings. The van der Waals surface area contributed by atoms with E-state index in [-0.39, 0.29) is 18.5 Å². The average Bonchev–Trinajstić information content (AvgIpc) is 2.86. The second-order valence-electron chi connectivity index (χ2n) is 4.73. The van der Waals surface area contributed by atoms with Gasteiger partial charge in [0.05, 0.1) is 4.88 Å². The smallest absolute Gasteiger partial charge is 0.323 e. The standard InChI is InChI=1S/C15H17NO3S/c1-3-10(2)16(9-14(17)18)15(19)13-8-11-6-4-5-7-12(11)20-13/h4-8,10H,3,9H2,1-2H3,(H,17,18). The number of carbonyl (C=O) groups is 2. The molecule has 1 N–H and O–H groups in total. The summed E-state index contributed by atoms with van der Waals surface area (Å²) in [5.74, 6) is -1.19. The van der Waals surface area contributed by atoms with E-state index in [1.54, 1.807) is 0 Å². The van der Waals surface area contributed by atoms with Crippen molar-refractivity contribution in [1.29, 1.82) is 0 Å². The van der Waals surface area contributed by atoms with Gasteiger partial charge in [-0.1, -0.05) is 25.1 Å². The molecule has 1 heterocycles. The molecule has 0 saturated carbocycles. The largest absolute Gasteiger partial charge is 0.480 e. The van der Waals surface area contributed by atoms with Gasteiger partial charge in [-0.25, -0.2) is 0 Å². The van der Waals surface area contributed by atoms with Gasteiger partial charge in [0.2, 0.25) is 0 Å². The molecule has 1 aromatic heterocycles. The molecule has 0 aliphatic heterocycles. The lowest BCUT2D eigenvalue weighted by Gasteiger charge is -2.26. The molecular formula is C15H17NO3S. The van der Waals surface area contributed by atoms with Gasteiger partial charge in [-0.3, -0.25) is 9.59 Å². The molecule has 0 aliphatic rings. The summed E-state index contributed by atoms with van der Waals surface area (Å²) < 4.78 is 1.04. The highest BCUT2D eigenvalue weighted by molar-refractivity contribution is 7.20. The van der Waals surface area contributed by atoms with Crippen molar-refractivity contribution in [3.05, 3.63) is 35.2 Å². The van der Waals surface area contributed by atoms with Crippen LogP contribution < -0.4 is 0 Å². The zero-order valence-electron chi connectivity index (χ0n) is 11.5. The lowest BCUT2D eigenvalue weighted by atomic mass is 10.2. The van der Waals surface area contributed by atoms with Crippen molar-refractivity contribution in [1.82, 2.24) is 4.90 Å². The summed E-state index contributed by atoms with van der Waals surface area (Å²) in [6.45, 7) is 3.55. The monoisotopic (exact) mass is 291 g/mol. The predicted octanol–water partition coefficient (Wildman–Crippen LogP) is 3.23. The van der Waals surface area contributed by atoms with E-state index >= 15 is 0 Å². The van der Waals surface area contributed by atoms with Crippen molar-refractivity contribution in [2.45, 2.75) is 26.3 Å². The number of carbonyl (C=O) groups excluding carboxylic acids is 1. The molecule has 0 fully saturated rings. The van der Waals surface area contributed by atoms with Crippen LogP contribution in [0.2, 0.25) is 0 Å². The molecule has 2 rings (SSSR count). The summed E-state index contributed by atoms with van der Waals surface area (Å²) in [4.78, 5) is 25.5.